The third-order valence-electron chi connectivity index (χ3n) is 3.47. The largest absolute Gasteiger partial charge is 0.465 e. The third-order valence-corrected chi connectivity index (χ3v) is 4.77. The number of sulfonamides is 1. The van der Waals surface area contributed by atoms with Crippen molar-refractivity contribution >= 4 is 10.0 Å². The van der Waals surface area contributed by atoms with Crippen molar-refractivity contribution in [1.82, 2.24) is 9.21 Å². The highest BCUT2D eigenvalue weighted by Crippen LogP contribution is 2.17. The lowest BCUT2D eigenvalue weighted by atomic mass is 10.2. The zero-order valence-electron chi connectivity index (χ0n) is 11.4. The molecule has 0 radical (unpaired) electrons. The fourth-order valence-corrected chi connectivity index (χ4v) is 3.13. The maximum absolute atomic E-state index is 11.4. The summed E-state index contributed by atoms with van der Waals surface area (Å²) in [6, 6.07) is 1.98. The summed E-state index contributed by atoms with van der Waals surface area (Å²) in [5.41, 5.74) is 6.68. The van der Waals surface area contributed by atoms with E-state index in [4.69, 9.17) is 10.2 Å². The molecule has 0 bridgehead atoms. The van der Waals surface area contributed by atoms with E-state index in [1.165, 1.54) is 10.6 Å². The summed E-state index contributed by atoms with van der Waals surface area (Å²) in [5, 5.41) is 0. The number of nitrogens with zero attached hydrogens (tertiary/aromatic N) is 2. The van der Waals surface area contributed by atoms with Crippen LogP contribution in [0.2, 0.25) is 0 Å². The number of aryl methyl sites for hydroxylation is 1. The van der Waals surface area contributed by atoms with Gasteiger partial charge >= 0.3 is 0 Å². The van der Waals surface area contributed by atoms with E-state index >= 15 is 0 Å². The second-order valence-electron chi connectivity index (χ2n) is 4.94. The Morgan fingerprint density at radius 2 is 1.95 bits per heavy atom. The van der Waals surface area contributed by atoms with Gasteiger partial charge in [-0.25, -0.2) is 8.42 Å². The topological polar surface area (TPSA) is 79.8 Å². The van der Waals surface area contributed by atoms with Crippen LogP contribution in [0.4, 0.5) is 0 Å². The molecule has 6 nitrogen and oxygen atoms in total. The molecule has 1 aromatic rings. The van der Waals surface area contributed by atoms with Gasteiger partial charge in [0.2, 0.25) is 10.0 Å². The van der Waals surface area contributed by atoms with Gasteiger partial charge in [0, 0.05) is 38.3 Å². The van der Waals surface area contributed by atoms with Gasteiger partial charge < -0.3 is 10.2 Å². The molecule has 0 amide bonds. The lowest BCUT2D eigenvalue weighted by Crippen LogP contribution is -2.47. The molecule has 0 atom stereocenters. The van der Waals surface area contributed by atoms with Gasteiger partial charge in [-0.05, 0) is 13.0 Å². The molecular formula is C12H21N3O3S. The SMILES string of the molecule is Cc1oc(CN)cc1CN1CCN(S(C)(=O)=O)CC1. The van der Waals surface area contributed by atoms with Crippen molar-refractivity contribution < 1.29 is 12.8 Å². The average molecular weight is 287 g/mol. The summed E-state index contributed by atoms with van der Waals surface area (Å²) in [6.07, 6.45) is 1.26. The van der Waals surface area contributed by atoms with Crippen LogP contribution in [0.5, 0.6) is 0 Å². The van der Waals surface area contributed by atoms with Gasteiger partial charge in [-0.1, -0.05) is 0 Å². The van der Waals surface area contributed by atoms with Crippen LogP contribution in [0.1, 0.15) is 17.1 Å². The molecule has 2 heterocycles. The summed E-state index contributed by atoms with van der Waals surface area (Å²) < 4.78 is 29.9. The molecule has 2 rings (SSSR count). The molecule has 0 saturated carbocycles. The first-order valence-corrected chi connectivity index (χ1v) is 8.20. The molecule has 0 unspecified atom stereocenters. The average Bonchev–Trinajstić information content (AvgIpc) is 2.70. The van der Waals surface area contributed by atoms with Crippen molar-refractivity contribution in [2.24, 2.45) is 5.73 Å². The number of hydrogen-bond acceptors (Lipinski definition) is 5. The number of furan rings is 1. The standard InChI is InChI=1S/C12H21N3O3S/c1-10-11(7-12(8-13)18-10)9-14-3-5-15(6-4-14)19(2,16)17/h7H,3-6,8-9,13H2,1-2H3. The Morgan fingerprint density at radius 1 is 1.32 bits per heavy atom. The Morgan fingerprint density at radius 3 is 2.42 bits per heavy atom. The predicted octanol–water partition coefficient (Wildman–Crippen LogP) is 0.124. The molecule has 2 N–H and O–H groups in total. The minimum absolute atomic E-state index is 0.405. The Bertz CT molecular complexity index is 530. The van der Waals surface area contributed by atoms with Crippen molar-refractivity contribution in [1.29, 1.82) is 0 Å². The number of piperazine rings is 1. The van der Waals surface area contributed by atoms with E-state index in [1.807, 2.05) is 13.0 Å². The Balaban J connectivity index is 1.94. The summed E-state index contributed by atoms with van der Waals surface area (Å²) >= 11 is 0. The molecule has 0 spiro atoms. The quantitative estimate of drug-likeness (QED) is 0.851. The fraction of sp³-hybridized carbons (Fsp3) is 0.667. The van der Waals surface area contributed by atoms with Crippen LogP contribution in [-0.4, -0.2) is 50.1 Å². The van der Waals surface area contributed by atoms with Crippen molar-refractivity contribution in [2.75, 3.05) is 32.4 Å². The fourth-order valence-electron chi connectivity index (χ4n) is 2.31. The third kappa shape index (κ3) is 3.56. The molecule has 1 aliphatic heterocycles. The highest BCUT2D eigenvalue weighted by atomic mass is 32.2. The Hall–Kier alpha value is -0.890. The molecule has 0 aliphatic carbocycles. The highest BCUT2D eigenvalue weighted by molar-refractivity contribution is 7.88. The van der Waals surface area contributed by atoms with Gasteiger partial charge in [-0.2, -0.15) is 4.31 Å². The first-order chi connectivity index (χ1) is 8.90. The van der Waals surface area contributed by atoms with Crippen LogP contribution in [0.15, 0.2) is 10.5 Å². The molecular weight excluding hydrogens is 266 g/mol. The normalized spacial score (nSPS) is 18.9. The molecule has 0 aromatic carbocycles. The summed E-state index contributed by atoms with van der Waals surface area (Å²) in [7, 11) is -3.06. The van der Waals surface area contributed by atoms with Gasteiger partial charge in [0.15, 0.2) is 0 Å². The van der Waals surface area contributed by atoms with Crippen LogP contribution in [0.25, 0.3) is 0 Å². The molecule has 7 heteroatoms. The van der Waals surface area contributed by atoms with E-state index in [1.54, 1.807) is 0 Å². The minimum Gasteiger partial charge on any atom is -0.465 e. The van der Waals surface area contributed by atoms with Crippen molar-refractivity contribution in [3.63, 3.8) is 0 Å². The molecule has 1 fully saturated rings. The van der Waals surface area contributed by atoms with Gasteiger partial charge in [0.1, 0.15) is 11.5 Å². The molecule has 19 heavy (non-hydrogen) atoms. The maximum Gasteiger partial charge on any atom is 0.211 e. The predicted molar refractivity (Wildman–Crippen MR) is 73.0 cm³/mol. The highest BCUT2D eigenvalue weighted by Gasteiger charge is 2.23. The minimum atomic E-state index is -3.06. The number of rotatable bonds is 4. The summed E-state index contributed by atoms with van der Waals surface area (Å²) in [5.74, 6) is 1.69. The van der Waals surface area contributed by atoms with E-state index < -0.39 is 10.0 Å². The van der Waals surface area contributed by atoms with Crippen LogP contribution >= 0.6 is 0 Å². The van der Waals surface area contributed by atoms with Crippen LogP contribution < -0.4 is 5.73 Å². The monoisotopic (exact) mass is 287 g/mol. The first kappa shape index (κ1) is 14.5. The van der Waals surface area contributed by atoms with Crippen LogP contribution in [-0.2, 0) is 23.1 Å². The van der Waals surface area contributed by atoms with E-state index in [2.05, 4.69) is 4.90 Å². The first-order valence-electron chi connectivity index (χ1n) is 6.36. The van der Waals surface area contributed by atoms with Crippen LogP contribution in [0, 0.1) is 6.92 Å². The van der Waals surface area contributed by atoms with Crippen molar-refractivity contribution in [3.8, 4) is 0 Å². The van der Waals surface area contributed by atoms with Gasteiger partial charge in [0.05, 0.1) is 12.8 Å². The maximum atomic E-state index is 11.4. The smallest absolute Gasteiger partial charge is 0.211 e. The van der Waals surface area contributed by atoms with Crippen LogP contribution in [0.3, 0.4) is 0 Å². The van der Waals surface area contributed by atoms with E-state index in [0.29, 0.717) is 19.6 Å². The molecule has 108 valence electrons. The zero-order chi connectivity index (χ0) is 14.0. The van der Waals surface area contributed by atoms with E-state index in [0.717, 1.165) is 36.7 Å². The second kappa shape index (κ2) is 5.62. The number of hydrogen-bond donors (Lipinski definition) is 1. The lowest BCUT2D eigenvalue weighted by Gasteiger charge is -2.33. The molecule has 1 aliphatic rings. The molecule has 1 saturated heterocycles. The lowest BCUT2D eigenvalue weighted by molar-refractivity contribution is 0.181. The van der Waals surface area contributed by atoms with Crippen molar-refractivity contribution in [3.05, 3.63) is 23.2 Å². The van der Waals surface area contributed by atoms with E-state index in [-0.39, 0.29) is 0 Å². The van der Waals surface area contributed by atoms with Gasteiger partial charge in [0.25, 0.3) is 0 Å². The van der Waals surface area contributed by atoms with Gasteiger partial charge in [-0.3, -0.25) is 4.90 Å². The van der Waals surface area contributed by atoms with E-state index in [9.17, 15) is 8.42 Å². The number of nitrogens with two attached hydrogens (primary N) is 1. The zero-order valence-corrected chi connectivity index (χ0v) is 12.2. The Labute approximate surface area is 114 Å². The summed E-state index contributed by atoms with van der Waals surface area (Å²) in [4.78, 5) is 2.24. The molecule has 1 aromatic heterocycles. The summed E-state index contributed by atoms with van der Waals surface area (Å²) in [6.45, 7) is 5.72. The second-order valence-corrected chi connectivity index (χ2v) is 6.92. The van der Waals surface area contributed by atoms with Crippen molar-refractivity contribution in [2.45, 2.75) is 20.0 Å². The Kier molecular flexibility index (Phi) is 4.29. The van der Waals surface area contributed by atoms with Gasteiger partial charge in [-0.15, -0.1) is 0 Å².